The highest BCUT2D eigenvalue weighted by Gasteiger charge is 2.18. The molecule has 1 aliphatic heterocycles. The Balaban J connectivity index is 1.79. The normalized spacial score (nSPS) is 14.5. The Bertz CT molecular complexity index is 789. The monoisotopic (exact) mass is 283 g/mol. The van der Waals surface area contributed by atoms with Crippen LogP contribution in [0.3, 0.4) is 0 Å². The molecule has 108 valence electrons. The Morgan fingerprint density at radius 2 is 2.10 bits per heavy atom. The molecule has 0 N–H and O–H groups in total. The second-order valence-corrected chi connectivity index (χ2v) is 5.19. The molecule has 0 fully saturated rings. The number of imidazole rings is 1. The second kappa shape index (κ2) is 4.96. The smallest absolute Gasteiger partial charge is 0.159 e. The molecule has 1 aliphatic rings. The molecule has 0 radical (unpaired) electrons. The minimum absolute atomic E-state index is 0.554. The molecule has 1 aromatic carbocycles. The largest absolute Gasteiger partial charge is 0.372 e. The fourth-order valence-electron chi connectivity index (χ4n) is 2.89. The van der Waals surface area contributed by atoms with Gasteiger partial charge in [0, 0.05) is 13.0 Å². The van der Waals surface area contributed by atoms with Gasteiger partial charge in [0.15, 0.2) is 11.6 Å². The van der Waals surface area contributed by atoms with Gasteiger partial charge in [-0.1, -0.05) is 19.1 Å². The number of hydrogen-bond acceptors (Lipinski definition) is 4. The molecule has 0 atom stereocenters. The van der Waals surface area contributed by atoms with Gasteiger partial charge in [-0.15, -0.1) is 10.2 Å². The van der Waals surface area contributed by atoms with Gasteiger partial charge < -0.3 is 13.9 Å². The third-order valence-electron chi connectivity index (χ3n) is 3.94. The number of benzene rings is 1. The van der Waals surface area contributed by atoms with E-state index in [1.54, 1.807) is 0 Å². The maximum absolute atomic E-state index is 5.42. The number of aryl methyl sites for hydroxylation is 1. The van der Waals surface area contributed by atoms with Crippen molar-refractivity contribution >= 4 is 11.0 Å². The van der Waals surface area contributed by atoms with Crippen LogP contribution in [0.1, 0.15) is 24.4 Å². The molecule has 0 bridgehead atoms. The summed E-state index contributed by atoms with van der Waals surface area (Å²) in [6.07, 6.45) is 0.902. The Labute approximate surface area is 122 Å². The average molecular weight is 283 g/mol. The molecule has 4 rings (SSSR count). The summed E-state index contributed by atoms with van der Waals surface area (Å²) in [5, 5.41) is 8.57. The van der Waals surface area contributed by atoms with Gasteiger partial charge in [-0.3, -0.25) is 0 Å². The zero-order chi connectivity index (χ0) is 14.2. The molecule has 0 spiro atoms. The van der Waals surface area contributed by atoms with Crippen LogP contribution >= 0.6 is 0 Å². The van der Waals surface area contributed by atoms with Crippen molar-refractivity contribution in [3.8, 4) is 0 Å². The number of nitrogens with zero attached hydrogens (tertiary/aromatic N) is 5. The van der Waals surface area contributed by atoms with Crippen molar-refractivity contribution in [2.75, 3.05) is 6.61 Å². The number of rotatable bonds is 3. The maximum Gasteiger partial charge on any atom is 0.159 e. The van der Waals surface area contributed by atoms with E-state index in [1.165, 1.54) is 0 Å². The molecule has 0 unspecified atom stereocenters. The first-order valence-corrected chi connectivity index (χ1v) is 7.29. The van der Waals surface area contributed by atoms with E-state index in [2.05, 4.69) is 38.4 Å². The number of hydrogen-bond donors (Lipinski definition) is 0. The molecule has 6 heteroatoms. The molecule has 0 saturated carbocycles. The number of para-hydroxylation sites is 2. The molecule has 0 amide bonds. The van der Waals surface area contributed by atoms with E-state index in [9.17, 15) is 0 Å². The molecule has 0 aliphatic carbocycles. The fraction of sp³-hybridized carbons (Fsp3) is 0.400. The first-order valence-electron chi connectivity index (χ1n) is 7.29. The third kappa shape index (κ3) is 2.03. The zero-order valence-corrected chi connectivity index (χ0v) is 12.0. The van der Waals surface area contributed by atoms with Crippen molar-refractivity contribution in [3.05, 3.63) is 41.7 Å². The van der Waals surface area contributed by atoms with Crippen molar-refractivity contribution in [2.45, 2.75) is 33.0 Å². The first-order chi connectivity index (χ1) is 10.4. The van der Waals surface area contributed by atoms with Gasteiger partial charge in [-0.2, -0.15) is 0 Å². The lowest BCUT2D eigenvalue weighted by molar-refractivity contribution is 0.0805. The lowest BCUT2D eigenvalue weighted by atomic mass is 10.3. The van der Waals surface area contributed by atoms with E-state index in [0.717, 1.165) is 48.1 Å². The fourth-order valence-corrected chi connectivity index (χ4v) is 2.89. The van der Waals surface area contributed by atoms with E-state index in [1.807, 2.05) is 12.1 Å². The first kappa shape index (κ1) is 12.5. The van der Waals surface area contributed by atoms with E-state index in [-0.39, 0.29) is 0 Å². The lowest BCUT2D eigenvalue weighted by Crippen LogP contribution is -2.20. The van der Waals surface area contributed by atoms with Crippen LogP contribution in [0.25, 0.3) is 11.0 Å². The molecular formula is C15H17N5O. The molecule has 6 nitrogen and oxygen atoms in total. The van der Waals surface area contributed by atoms with Crippen molar-refractivity contribution in [1.29, 1.82) is 0 Å². The Morgan fingerprint density at radius 3 is 3.00 bits per heavy atom. The summed E-state index contributed by atoms with van der Waals surface area (Å²) in [5.74, 6) is 2.98. The predicted octanol–water partition coefficient (Wildman–Crippen LogP) is 1.77. The highest BCUT2D eigenvalue weighted by molar-refractivity contribution is 5.76. The minimum Gasteiger partial charge on any atom is -0.372 e. The second-order valence-electron chi connectivity index (χ2n) is 5.19. The molecular weight excluding hydrogens is 266 g/mol. The zero-order valence-electron chi connectivity index (χ0n) is 12.0. The van der Waals surface area contributed by atoms with Gasteiger partial charge in [-0.25, -0.2) is 4.98 Å². The van der Waals surface area contributed by atoms with E-state index < -0.39 is 0 Å². The highest BCUT2D eigenvalue weighted by Crippen LogP contribution is 2.19. The molecule has 2 aromatic heterocycles. The van der Waals surface area contributed by atoms with Gasteiger partial charge in [0.25, 0.3) is 0 Å². The van der Waals surface area contributed by atoms with Crippen LogP contribution in [0, 0.1) is 0 Å². The Kier molecular flexibility index (Phi) is 2.96. The van der Waals surface area contributed by atoms with Gasteiger partial charge in [0.1, 0.15) is 12.4 Å². The van der Waals surface area contributed by atoms with Crippen LogP contribution in [0.5, 0.6) is 0 Å². The van der Waals surface area contributed by atoms with Gasteiger partial charge in [-0.05, 0) is 12.1 Å². The Morgan fingerprint density at radius 1 is 1.19 bits per heavy atom. The Hall–Kier alpha value is -2.21. The summed E-state index contributed by atoms with van der Waals surface area (Å²) in [5.41, 5.74) is 2.19. The summed E-state index contributed by atoms with van der Waals surface area (Å²) in [4.78, 5) is 4.70. The average Bonchev–Trinajstić information content (AvgIpc) is 3.10. The minimum atomic E-state index is 0.554. The van der Waals surface area contributed by atoms with Crippen LogP contribution in [0.4, 0.5) is 0 Å². The van der Waals surface area contributed by atoms with Crippen molar-refractivity contribution in [3.63, 3.8) is 0 Å². The van der Waals surface area contributed by atoms with Crippen LogP contribution in [0.15, 0.2) is 24.3 Å². The van der Waals surface area contributed by atoms with E-state index >= 15 is 0 Å². The standard InChI is InChI=1S/C15H17N5O/c1-2-13-16-11-5-3-4-6-12(11)20(13)9-14-17-18-15-10-21-8-7-19(14)15/h3-6H,2,7-10H2,1H3. The lowest BCUT2D eigenvalue weighted by Gasteiger charge is -2.16. The summed E-state index contributed by atoms with van der Waals surface area (Å²) < 4.78 is 9.82. The molecule has 3 heterocycles. The van der Waals surface area contributed by atoms with Crippen molar-refractivity contribution in [2.24, 2.45) is 0 Å². The SMILES string of the molecule is CCc1nc2ccccc2n1Cc1nnc2n1CCOC2. The van der Waals surface area contributed by atoms with Gasteiger partial charge in [0.05, 0.1) is 24.2 Å². The molecule has 21 heavy (non-hydrogen) atoms. The summed E-state index contributed by atoms with van der Waals surface area (Å²) >= 11 is 0. The van der Waals surface area contributed by atoms with Crippen LogP contribution in [-0.4, -0.2) is 30.9 Å². The van der Waals surface area contributed by atoms with Gasteiger partial charge in [0.2, 0.25) is 0 Å². The third-order valence-corrected chi connectivity index (χ3v) is 3.94. The topological polar surface area (TPSA) is 57.8 Å². The van der Waals surface area contributed by atoms with Gasteiger partial charge >= 0.3 is 0 Å². The molecule has 3 aromatic rings. The predicted molar refractivity (Wildman–Crippen MR) is 77.9 cm³/mol. The number of fused-ring (bicyclic) bond motifs is 2. The molecule has 0 saturated heterocycles. The van der Waals surface area contributed by atoms with Crippen LogP contribution < -0.4 is 0 Å². The van der Waals surface area contributed by atoms with Crippen LogP contribution in [0.2, 0.25) is 0 Å². The van der Waals surface area contributed by atoms with Crippen LogP contribution in [-0.2, 0) is 30.9 Å². The van der Waals surface area contributed by atoms with Crippen molar-refractivity contribution in [1.82, 2.24) is 24.3 Å². The highest BCUT2D eigenvalue weighted by atomic mass is 16.5. The number of aromatic nitrogens is 5. The summed E-state index contributed by atoms with van der Waals surface area (Å²) in [6.45, 7) is 4.94. The summed E-state index contributed by atoms with van der Waals surface area (Å²) in [6, 6.07) is 8.23. The summed E-state index contributed by atoms with van der Waals surface area (Å²) in [7, 11) is 0. The van der Waals surface area contributed by atoms with E-state index in [4.69, 9.17) is 9.72 Å². The maximum atomic E-state index is 5.42. The van der Waals surface area contributed by atoms with E-state index in [0.29, 0.717) is 13.2 Å². The quantitative estimate of drug-likeness (QED) is 0.735. The van der Waals surface area contributed by atoms with Crippen molar-refractivity contribution < 1.29 is 4.74 Å². The number of ether oxygens (including phenoxy) is 1.